The molecule has 4 nitrogen and oxygen atoms in total. The molecule has 1 amide bonds. The lowest BCUT2D eigenvalue weighted by molar-refractivity contribution is -0.120. The first-order valence-corrected chi connectivity index (χ1v) is 7.14. The van der Waals surface area contributed by atoms with E-state index in [9.17, 15) is 9.18 Å². The third-order valence-electron chi connectivity index (χ3n) is 3.37. The van der Waals surface area contributed by atoms with Gasteiger partial charge in [0.15, 0.2) is 0 Å². The zero-order chi connectivity index (χ0) is 14.4. The van der Waals surface area contributed by atoms with Crippen molar-refractivity contribution < 1.29 is 13.9 Å². The average molecular weight is 317 g/mol. The minimum Gasteiger partial charge on any atom is -0.491 e. The molecule has 1 aromatic carbocycles. The van der Waals surface area contributed by atoms with Crippen molar-refractivity contribution in [2.45, 2.75) is 26.2 Å². The largest absolute Gasteiger partial charge is 0.491 e. The lowest BCUT2D eigenvalue weighted by Gasteiger charge is -2.22. The second kappa shape index (κ2) is 8.85. The van der Waals surface area contributed by atoms with Crippen LogP contribution in [-0.4, -0.2) is 25.6 Å². The number of hydrogen-bond donors (Lipinski definition) is 2. The normalized spacial score (nSPS) is 15.1. The summed E-state index contributed by atoms with van der Waals surface area (Å²) in [6.45, 7) is 4.20. The Morgan fingerprint density at radius 2 is 2.14 bits per heavy atom. The Bertz CT molecular complexity index is 465. The van der Waals surface area contributed by atoms with Gasteiger partial charge < -0.3 is 15.4 Å². The van der Waals surface area contributed by atoms with Crippen LogP contribution in [0.4, 0.5) is 10.1 Å². The standard InChI is InChI=1S/C15H21FN2O2.ClH/c1-2-9-20-14-10-12(16)3-4-13(14)18-15(19)11-5-7-17-8-6-11;/h3-4,10-11,17H,2,5-9H2,1H3,(H,18,19);1H. The first kappa shape index (κ1) is 17.7. The Balaban J connectivity index is 0.00000220. The highest BCUT2D eigenvalue weighted by atomic mass is 35.5. The molecule has 1 heterocycles. The smallest absolute Gasteiger partial charge is 0.227 e. The van der Waals surface area contributed by atoms with Gasteiger partial charge in [0.05, 0.1) is 12.3 Å². The van der Waals surface area contributed by atoms with Gasteiger partial charge in [0, 0.05) is 12.0 Å². The van der Waals surface area contributed by atoms with Gasteiger partial charge in [0.1, 0.15) is 11.6 Å². The Hall–Kier alpha value is -1.33. The third kappa shape index (κ3) is 5.17. The van der Waals surface area contributed by atoms with E-state index in [0.717, 1.165) is 32.4 Å². The number of ether oxygens (including phenoxy) is 1. The van der Waals surface area contributed by atoms with E-state index in [0.29, 0.717) is 18.0 Å². The molecule has 0 bridgehead atoms. The summed E-state index contributed by atoms with van der Waals surface area (Å²) in [6.07, 6.45) is 2.49. The number of hydrogen-bond acceptors (Lipinski definition) is 3. The Morgan fingerprint density at radius 1 is 1.43 bits per heavy atom. The highest BCUT2D eigenvalue weighted by molar-refractivity contribution is 5.94. The predicted octanol–water partition coefficient (Wildman–Crippen LogP) is 2.97. The van der Waals surface area contributed by atoms with Crippen LogP contribution in [-0.2, 0) is 4.79 Å². The highest BCUT2D eigenvalue weighted by Gasteiger charge is 2.21. The molecular weight excluding hydrogens is 295 g/mol. The van der Waals surface area contributed by atoms with Gasteiger partial charge in [0.25, 0.3) is 0 Å². The van der Waals surface area contributed by atoms with Crippen molar-refractivity contribution in [2.24, 2.45) is 5.92 Å². The van der Waals surface area contributed by atoms with E-state index in [2.05, 4.69) is 10.6 Å². The third-order valence-corrected chi connectivity index (χ3v) is 3.37. The lowest BCUT2D eigenvalue weighted by Crippen LogP contribution is -2.34. The number of amides is 1. The Kier molecular flexibility index (Phi) is 7.47. The Labute approximate surface area is 130 Å². The molecule has 0 spiro atoms. The number of carbonyl (C=O) groups is 1. The van der Waals surface area contributed by atoms with Crippen molar-refractivity contribution >= 4 is 24.0 Å². The molecular formula is C15H22ClFN2O2. The fourth-order valence-corrected chi connectivity index (χ4v) is 2.25. The molecule has 21 heavy (non-hydrogen) atoms. The fraction of sp³-hybridized carbons (Fsp3) is 0.533. The van der Waals surface area contributed by atoms with Crippen molar-refractivity contribution in [3.63, 3.8) is 0 Å². The summed E-state index contributed by atoms with van der Waals surface area (Å²) in [5, 5.41) is 6.08. The summed E-state index contributed by atoms with van der Waals surface area (Å²) in [4.78, 5) is 12.2. The minimum atomic E-state index is -0.365. The molecule has 2 N–H and O–H groups in total. The van der Waals surface area contributed by atoms with Crippen molar-refractivity contribution in [2.75, 3.05) is 25.0 Å². The molecule has 0 aliphatic carbocycles. The number of nitrogens with one attached hydrogen (secondary N) is 2. The van der Waals surface area contributed by atoms with Crippen LogP contribution in [0.25, 0.3) is 0 Å². The molecule has 0 atom stereocenters. The van der Waals surface area contributed by atoms with E-state index in [1.165, 1.54) is 12.1 Å². The molecule has 0 aromatic heterocycles. The molecule has 118 valence electrons. The predicted molar refractivity (Wildman–Crippen MR) is 83.7 cm³/mol. The monoisotopic (exact) mass is 316 g/mol. The lowest BCUT2D eigenvalue weighted by atomic mass is 9.97. The van der Waals surface area contributed by atoms with Gasteiger partial charge in [-0.3, -0.25) is 4.79 Å². The van der Waals surface area contributed by atoms with Crippen LogP contribution >= 0.6 is 12.4 Å². The summed E-state index contributed by atoms with van der Waals surface area (Å²) >= 11 is 0. The molecule has 1 aromatic rings. The van der Waals surface area contributed by atoms with Crippen molar-refractivity contribution in [1.29, 1.82) is 0 Å². The second-order valence-electron chi connectivity index (χ2n) is 5.00. The van der Waals surface area contributed by atoms with Crippen LogP contribution < -0.4 is 15.4 Å². The molecule has 1 aliphatic heterocycles. The highest BCUT2D eigenvalue weighted by Crippen LogP contribution is 2.27. The van der Waals surface area contributed by atoms with Crippen LogP contribution in [0.3, 0.4) is 0 Å². The summed E-state index contributed by atoms with van der Waals surface area (Å²) in [5.41, 5.74) is 0.545. The quantitative estimate of drug-likeness (QED) is 0.878. The molecule has 2 rings (SSSR count). The minimum absolute atomic E-state index is 0. The molecule has 0 radical (unpaired) electrons. The van der Waals surface area contributed by atoms with E-state index >= 15 is 0 Å². The number of benzene rings is 1. The van der Waals surface area contributed by atoms with Crippen LogP contribution in [0, 0.1) is 11.7 Å². The summed E-state index contributed by atoms with van der Waals surface area (Å²) in [6, 6.07) is 4.20. The fourth-order valence-electron chi connectivity index (χ4n) is 2.25. The zero-order valence-corrected chi connectivity index (χ0v) is 13.0. The molecule has 0 saturated carbocycles. The van der Waals surface area contributed by atoms with Crippen molar-refractivity contribution in [3.8, 4) is 5.75 Å². The zero-order valence-electron chi connectivity index (χ0n) is 12.2. The van der Waals surface area contributed by atoms with Crippen molar-refractivity contribution in [3.05, 3.63) is 24.0 Å². The number of anilines is 1. The number of piperidine rings is 1. The number of rotatable bonds is 5. The average Bonchev–Trinajstić information content (AvgIpc) is 2.48. The van der Waals surface area contributed by atoms with E-state index in [-0.39, 0.29) is 30.0 Å². The van der Waals surface area contributed by atoms with E-state index < -0.39 is 0 Å². The van der Waals surface area contributed by atoms with Crippen LogP contribution in [0.5, 0.6) is 5.75 Å². The molecule has 6 heteroatoms. The molecule has 1 saturated heterocycles. The van der Waals surface area contributed by atoms with Gasteiger partial charge in [-0.15, -0.1) is 12.4 Å². The number of halogens is 2. The van der Waals surface area contributed by atoms with E-state index in [1.807, 2.05) is 6.92 Å². The van der Waals surface area contributed by atoms with E-state index in [4.69, 9.17) is 4.74 Å². The van der Waals surface area contributed by atoms with Crippen LogP contribution in [0.1, 0.15) is 26.2 Å². The van der Waals surface area contributed by atoms with Gasteiger partial charge in [0.2, 0.25) is 5.91 Å². The molecule has 1 fully saturated rings. The Morgan fingerprint density at radius 3 is 2.81 bits per heavy atom. The summed E-state index contributed by atoms with van der Waals surface area (Å²) in [5.74, 6) is 0.0323. The molecule has 0 unspecified atom stereocenters. The van der Waals surface area contributed by atoms with E-state index in [1.54, 1.807) is 6.07 Å². The first-order chi connectivity index (χ1) is 9.70. The van der Waals surface area contributed by atoms with Gasteiger partial charge in [-0.25, -0.2) is 4.39 Å². The SMILES string of the molecule is CCCOc1cc(F)ccc1NC(=O)C1CCNCC1.Cl. The van der Waals surface area contributed by atoms with Crippen LogP contribution in [0.2, 0.25) is 0 Å². The maximum atomic E-state index is 13.3. The summed E-state index contributed by atoms with van der Waals surface area (Å²) < 4.78 is 18.8. The molecule has 1 aliphatic rings. The number of carbonyl (C=O) groups excluding carboxylic acids is 1. The maximum absolute atomic E-state index is 13.3. The van der Waals surface area contributed by atoms with Gasteiger partial charge in [-0.05, 0) is 44.5 Å². The van der Waals surface area contributed by atoms with Crippen molar-refractivity contribution in [1.82, 2.24) is 5.32 Å². The van der Waals surface area contributed by atoms with Gasteiger partial charge >= 0.3 is 0 Å². The first-order valence-electron chi connectivity index (χ1n) is 7.14. The second-order valence-corrected chi connectivity index (χ2v) is 5.00. The van der Waals surface area contributed by atoms with Crippen LogP contribution in [0.15, 0.2) is 18.2 Å². The maximum Gasteiger partial charge on any atom is 0.227 e. The topological polar surface area (TPSA) is 50.4 Å². The van der Waals surface area contributed by atoms with Gasteiger partial charge in [-0.2, -0.15) is 0 Å². The van der Waals surface area contributed by atoms with Gasteiger partial charge in [-0.1, -0.05) is 6.92 Å². The summed E-state index contributed by atoms with van der Waals surface area (Å²) in [7, 11) is 0.